The second-order valence-electron chi connectivity index (χ2n) is 9.39. The Morgan fingerprint density at radius 1 is 1.06 bits per heavy atom. The lowest BCUT2D eigenvalue weighted by atomic mass is 9.92. The van der Waals surface area contributed by atoms with Crippen molar-refractivity contribution >= 4 is 17.9 Å². The number of nitrogens with zero attached hydrogens (tertiary/aromatic N) is 1. The number of unbranched alkanes of at least 4 members (excludes halogenated alkanes) is 1. The van der Waals surface area contributed by atoms with E-state index in [0.717, 1.165) is 12.8 Å². The molecule has 0 heterocycles. The lowest BCUT2D eigenvalue weighted by Crippen LogP contribution is -2.56. The highest BCUT2D eigenvalue weighted by Gasteiger charge is 2.41. The number of hydrogen-bond donors (Lipinski definition) is 3. The summed E-state index contributed by atoms with van der Waals surface area (Å²) in [6, 6.07) is 5.43. The van der Waals surface area contributed by atoms with E-state index in [9.17, 15) is 19.5 Å². The smallest absolute Gasteiger partial charge is 0.408 e. The van der Waals surface area contributed by atoms with E-state index in [4.69, 9.17) is 4.74 Å². The first-order valence-corrected chi connectivity index (χ1v) is 11.2. The van der Waals surface area contributed by atoms with Gasteiger partial charge in [-0.05, 0) is 53.5 Å². The van der Waals surface area contributed by atoms with E-state index in [1.807, 2.05) is 27.7 Å². The second kappa shape index (κ2) is 11.7. The van der Waals surface area contributed by atoms with Crippen LogP contribution in [0.5, 0.6) is 5.75 Å². The van der Waals surface area contributed by atoms with Crippen molar-refractivity contribution in [3.63, 3.8) is 0 Å². The quantitative estimate of drug-likeness (QED) is 0.470. The van der Waals surface area contributed by atoms with Crippen LogP contribution in [0.4, 0.5) is 4.79 Å². The fourth-order valence-corrected chi connectivity index (χ4v) is 3.15. The Kier molecular flexibility index (Phi) is 10.0. The highest BCUT2D eigenvalue weighted by Crippen LogP contribution is 2.35. The molecular formula is C24H39N3O5. The fourth-order valence-electron chi connectivity index (χ4n) is 3.15. The third-order valence-electron chi connectivity index (χ3n) is 5.14. The summed E-state index contributed by atoms with van der Waals surface area (Å²) in [6.07, 6.45) is 1.54. The maximum atomic E-state index is 13.4. The molecule has 1 rings (SSSR count). The van der Waals surface area contributed by atoms with Crippen molar-refractivity contribution in [2.75, 3.05) is 13.1 Å². The Bertz CT molecular complexity index is 786. The fraction of sp³-hybridized carbons (Fsp3) is 0.625. The Morgan fingerprint density at radius 3 is 2.22 bits per heavy atom. The monoisotopic (exact) mass is 449 g/mol. The summed E-state index contributed by atoms with van der Waals surface area (Å²) in [4.78, 5) is 40.2. The molecule has 0 saturated heterocycles. The molecule has 0 fully saturated rings. The van der Waals surface area contributed by atoms with Crippen molar-refractivity contribution < 1.29 is 24.2 Å². The normalized spacial score (nSPS) is 12.6. The number of nitrogens with one attached hydrogen (secondary N) is 2. The molecule has 1 unspecified atom stereocenters. The van der Waals surface area contributed by atoms with Gasteiger partial charge in [-0.3, -0.25) is 9.59 Å². The number of phenols is 1. The topological polar surface area (TPSA) is 108 Å². The molecule has 1 aromatic carbocycles. The average molecular weight is 450 g/mol. The van der Waals surface area contributed by atoms with E-state index in [2.05, 4.69) is 10.6 Å². The first-order chi connectivity index (χ1) is 14.8. The van der Waals surface area contributed by atoms with Crippen LogP contribution in [0.15, 0.2) is 24.3 Å². The van der Waals surface area contributed by atoms with Gasteiger partial charge in [-0.15, -0.1) is 0 Å². The van der Waals surface area contributed by atoms with E-state index >= 15 is 0 Å². The van der Waals surface area contributed by atoms with Gasteiger partial charge in [0.1, 0.15) is 23.9 Å². The van der Waals surface area contributed by atoms with Gasteiger partial charge >= 0.3 is 6.09 Å². The van der Waals surface area contributed by atoms with Crippen molar-refractivity contribution in [3.05, 3.63) is 29.8 Å². The highest BCUT2D eigenvalue weighted by molar-refractivity contribution is 5.91. The third kappa shape index (κ3) is 8.05. The summed E-state index contributed by atoms with van der Waals surface area (Å²) >= 11 is 0. The molecule has 8 nitrogen and oxygen atoms in total. The van der Waals surface area contributed by atoms with Crippen LogP contribution in [0.1, 0.15) is 79.3 Å². The van der Waals surface area contributed by atoms with Crippen LogP contribution in [0.2, 0.25) is 0 Å². The zero-order valence-corrected chi connectivity index (χ0v) is 20.4. The third-order valence-corrected chi connectivity index (χ3v) is 5.14. The molecular weight excluding hydrogens is 410 g/mol. The minimum Gasteiger partial charge on any atom is -0.508 e. The van der Waals surface area contributed by atoms with Gasteiger partial charge in [-0.1, -0.05) is 38.5 Å². The number of hydrogen-bond acceptors (Lipinski definition) is 5. The molecule has 1 aromatic rings. The molecule has 3 amide bonds. The van der Waals surface area contributed by atoms with Gasteiger partial charge in [0.25, 0.3) is 0 Å². The van der Waals surface area contributed by atoms with E-state index in [0.29, 0.717) is 18.5 Å². The van der Waals surface area contributed by atoms with Gasteiger partial charge < -0.3 is 25.4 Å². The summed E-state index contributed by atoms with van der Waals surface area (Å²) < 4.78 is 5.22. The SMILES string of the molecule is CCCCNC(=O)C(c1ccccc1O)N(C(=O)CNC(=O)OC(C)(C)C)C(C)(C)CC. The average Bonchev–Trinajstić information content (AvgIpc) is 2.69. The maximum Gasteiger partial charge on any atom is 0.408 e. The number of ether oxygens (including phenoxy) is 1. The van der Waals surface area contributed by atoms with Crippen LogP contribution in [0.3, 0.4) is 0 Å². The van der Waals surface area contributed by atoms with Crippen LogP contribution in [-0.2, 0) is 14.3 Å². The number of phenolic OH excluding ortho intramolecular Hbond substituents is 1. The molecule has 1 atom stereocenters. The van der Waals surface area contributed by atoms with Crippen LogP contribution in [0.25, 0.3) is 0 Å². The number of carbonyl (C=O) groups is 3. The summed E-state index contributed by atoms with van der Waals surface area (Å²) in [5.41, 5.74) is -1.11. The molecule has 0 spiro atoms. The molecule has 8 heteroatoms. The lowest BCUT2D eigenvalue weighted by molar-refractivity contribution is -0.146. The number of amides is 3. The van der Waals surface area contributed by atoms with Crippen LogP contribution in [-0.4, -0.2) is 52.1 Å². The van der Waals surface area contributed by atoms with Gasteiger partial charge in [0.2, 0.25) is 11.8 Å². The van der Waals surface area contributed by atoms with E-state index < -0.39 is 29.2 Å². The number of benzene rings is 1. The van der Waals surface area contributed by atoms with Gasteiger partial charge in [0.15, 0.2) is 0 Å². The number of carbonyl (C=O) groups excluding carboxylic acids is 3. The van der Waals surface area contributed by atoms with Crippen LogP contribution >= 0.6 is 0 Å². The zero-order chi connectivity index (χ0) is 24.5. The largest absolute Gasteiger partial charge is 0.508 e. The molecule has 0 bridgehead atoms. The van der Waals surface area contributed by atoms with E-state index in [-0.39, 0.29) is 18.2 Å². The summed E-state index contributed by atoms with van der Waals surface area (Å²) in [7, 11) is 0. The van der Waals surface area contributed by atoms with Gasteiger partial charge in [0.05, 0.1) is 0 Å². The van der Waals surface area contributed by atoms with E-state index in [1.165, 1.54) is 11.0 Å². The first kappa shape index (κ1) is 27.3. The van der Waals surface area contributed by atoms with Gasteiger partial charge in [0, 0.05) is 17.6 Å². The Labute approximate surface area is 191 Å². The molecule has 0 aliphatic rings. The predicted molar refractivity (Wildman–Crippen MR) is 124 cm³/mol. The lowest BCUT2D eigenvalue weighted by Gasteiger charge is -2.43. The van der Waals surface area contributed by atoms with Crippen LogP contribution in [0, 0.1) is 0 Å². The Morgan fingerprint density at radius 2 is 1.69 bits per heavy atom. The highest BCUT2D eigenvalue weighted by atomic mass is 16.6. The zero-order valence-electron chi connectivity index (χ0n) is 20.4. The minimum absolute atomic E-state index is 0.0760. The second-order valence-corrected chi connectivity index (χ2v) is 9.39. The molecule has 0 aliphatic heterocycles. The van der Waals surface area contributed by atoms with Crippen LogP contribution < -0.4 is 10.6 Å². The Balaban J connectivity index is 3.31. The van der Waals surface area contributed by atoms with Crippen molar-refractivity contribution in [2.24, 2.45) is 0 Å². The number of aromatic hydroxyl groups is 1. The van der Waals surface area contributed by atoms with Crippen molar-refractivity contribution in [1.82, 2.24) is 15.5 Å². The molecule has 32 heavy (non-hydrogen) atoms. The van der Waals surface area contributed by atoms with Crippen molar-refractivity contribution in [3.8, 4) is 5.75 Å². The summed E-state index contributed by atoms with van der Waals surface area (Å²) in [5, 5.41) is 15.9. The van der Waals surface area contributed by atoms with E-state index in [1.54, 1.807) is 39.0 Å². The first-order valence-electron chi connectivity index (χ1n) is 11.2. The predicted octanol–water partition coefficient (Wildman–Crippen LogP) is 3.89. The van der Waals surface area contributed by atoms with Gasteiger partial charge in [-0.25, -0.2) is 4.79 Å². The molecule has 0 saturated carbocycles. The maximum absolute atomic E-state index is 13.4. The van der Waals surface area contributed by atoms with Gasteiger partial charge in [-0.2, -0.15) is 0 Å². The number of para-hydroxylation sites is 1. The molecule has 180 valence electrons. The molecule has 0 aliphatic carbocycles. The number of rotatable bonds is 10. The standard InChI is InChI=1S/C24H39N3O5/c1-8-10-15-25-21(30)20(17-13-11-12-14-18(17)28)27(24(6,7)9-2)19(29)16-26-22(31)32-23(3,4)5/h11-14,20,28H,8-10,15-16H2,1-7H3,(H,25,30)(H,26,31). The molecule has 0 aromatic heterocycles. The summed E-state index contributed by atoms with van der Waals surface area (Å²) in [5.74, 6) is -0.915. The number of alkyl carbamates (subject to hydrolysis) is 1. The molecule has 3 N–H and O–H groups in total. The van der Waals surface area contributed by atoms with Crippen molar-refractivity contribution in [2.45, 2.75) is 84.9 Å². The summed E-state index contributed by atoms with van der Waals surface area (Å²) in [6.45, 7) is 13.0. The molecule has 0 radical (unpaired) electrons. The van der Waals surface area contributed by atoms with Crippen molar-refractivity contribution in [1.29, 1.82) is 0 Å². The minimum atomic E-state index is -1.06. The Hall–Kier alpha value is -2.77.